The molecule has 140 valence electrons. The molecule has 1 aromatic carbocycles. The molecule has 7 heteroatoms. The summed E-state index contributed by atoms with van der Waals surface area (Å²) in [6.45, 7) is 6.61. The minimum absolute atomic E-state index is 0.187. The minimum atomic E-state index is -0.187. The van der Waals surface area contributed by atoms with Crippen molar-refractivity contribution in [2.24, 2.45) is 0 Å². The first-order valence-electron chi connectivity index (χ1n) is 9.25. The summed E-state index contributed by atoms with van der Waals surface area (Å²) >= 11 is 0. The summed E-state index contributed by atoms with van der Waals surface area (Å²) in [7, 11) is 0. The van der Waals surface area contributed by atoms with E-state index in [-0.39, 0.29) is 5.82 Å². The second kappa shape index (κ2) is 7.84. The zero-order valence-corrected chi connectivity index (χ0v) is 15.4. The summed E-state index contributed by atoms with van der Waals surface area (Å²) in [5, 5.41) is 13.1. The zero-order chi connectivity index (χ0) is 18.6. The Hall–Kier alpha value is -2.80. The fraction of sp³-hybridized carbons (Fsp3) is 0.350. The first-order chi connectivity index (χ1) is 13.2. The fourth-order valence-electron chi connectivity index (χ4n) is 3.36. The zero-order valence-electron chi connectivity index (χ0n) is 15.4. The molecule has 0 radical (unpaired) electrons. The predicted molar refractivity (Wildman–Crippen MR) is 102 cm³/mol. The van der Waals surface area contributed by atoms with Gasteiger partial charge in [-0.2, -0.15) is 5.10 Å². The second-order valence-corrected chi connectivity index (χ2v) is 6.89. The highest BCUT2D eigenvalue weighted by Crippen LogP contribution is 2.16. The Bertz CT molecular complexity index is 874. The fourth-order valence-corrected chi connectivity index (χ4v) is 3.36. The Kier molecular flexibility index (Phi) is 5.11. The van der Waals surface area contributed by atoms with Crippen LogP contribution in [0.4, 0.5) is 10.2 Å². The van der Waals surface area contributed by atoms with Gasteiger partial charge in [0.1, 0.15) is 5.82 Å². The van der Waals surface area contributed by atoms with E-state index in [1.807, 2.05) is 43.5 Å². The molecular formula is C20H23FN6. The van der Waals surface area contributed by atoms with Crippen molar-refractivity contribution in [3.05, 3.63) is 65.7 Å². The van der Waals surface area contributed by atoms with E-state index >= 15 is 0 Å². The normalized spacial score (nSPS) is 15.7. The number of hydrogen-bond acceptors (Lipinski definition) is 5. The van der Waals surface area contributed by atoms with E-state index in [0.717, 1.165) is 62.0 Å². The van der Waals surface area contributed by atoms with E-state index in [9.17, 15) is 4.39 Å². The van der Waals surface area contributed by atoms with Gasteiger partial charge in [0.15, 0.2) is 11.6 Å². The molecule has 4 rings (SSSR count). The van der Waals surface area contributed by atoms with Crippen LogP contribution in [0.1, 0.15) is 17.7 Å². The third kappa shape index (κ3) is 4.31. The number of aryl methyl sites for hydroxylation is 1. The Morgan fingerprint density at radius 1 is 0.889 bits per heavy atom. The molecule has 0 saturated carbocycles. The maximum absolute atomic E-state index is 13.1. The molecule has 2 aromatic heterocycles. The molecule has 0 unspecified atom stereocenters. The molecule has 0 atom stereocenters. The summed E-state index contributed by atoms with van der Waals surface area (Å²) in [6.07, 6.45) is 2.95. The van der Waals surface area contributed by atoms with E-state index in [2.05, 4.69) is 25.1 Å². The Labute approximate surface area is 158 Å². The number of aromatic nitrogens is 4. The second-order valence-electron chi connectivity index (χ2n) is 6.89. The van der Waals surface area contributed by atoms with Gasteiger partial charge < -0.3 is 4.90 Å². The van der Waals surface area contributed by atoms with Gasteiger partial charge in [0, 0.05) is 38.9 Å². The van der Waals surface area contributed by atoms with E-state index in [1.54, 1.807) is 4.68 Å². The van der Waals surface area contributed by atoms with Gasteiger partial charge in [-0.15, -0.1) is 10.2 Å². The quantitative estimate of drug-likeness (QED) is 0.711. The van der Waals surface area contributed by atoms with Crippen molar-refractivity contribution in [1.29, 1.82) is 0 Å². The van der Waals surface area contributed by atoms with Gasteiger partial charge in [-0.3, -0.25) is 4.90 Å². The molecule has 3 aromatic rings. The maximum Gasteiger partial charge on any atom is 0.175 e. The third-order valence-corrected chi connectivity index (χ3v) is 4.83. The van der Waals surface area contributed by atoms with E-state index in [1.165, 1.54) is 12.1 Å². The number of benzene rings is 1. The molecule has 6 nitrogen and oxygen atoms in total. The third-order valence-electron chi connectivity index (χ3n) is 4.83. The molecule has 27 heavy (non-hydrogen) atoms. The van der Waals surface area contributed by atoms with Crippen molar-refractivity contribution in [3.8, 4) is 5.82 Å². The molecule has 0 spiro atoms. The van der Waals surface area contributed by atoms with Crippen LogP contribution in [0.5, 0.6) is 0 Å². The van der Waals surface area contributed by atoms with Gasteiger partial charge in [0.25, 0.3) is 0 Å². The molecule has 3 heterocycles. The lowest BCUT2D eigenvalue weighted by molar-refractivity contribution is 0.285. The van der Waals surface area contributed by atoms with Gasteiger partial charge in [0.2, 0.25) is 0 Å². The van der Waals surface area contributed by atoms with E-state index < -0.39 is 0 Å². The number of hydrogen-bond donors (Lipinski definition) is 0. The minimum Gasteiger partial charge on any atom is -0.354 e. The monoisotopic (exact) mass is 366 g/mol. The lowest BCUT2D eigenvalue weighted by Gasteiger charge is -2.22. The highest BCUT2D eigenvalue weighted by molar-refractivity contribution is 5.39. The molecule has 0 bridgehead atoms. The number of halogens is 1. The molecular weight excluding hydrogens is 343 g/mol. The topological polar surface area (TPSA) is 50.1 Å². The van der Waals surface area contributed by atoms with Crippen LogP contribution < -0.4 is 4.90 Å². The SMILES string of the molecule is Cc1ccn(-c2ccc(N3CCCN(Cc4ccc(F)cc4)CC3)nn2)n1. The lowest BCUT2D eigenvalue weighted by atomic mass is 10.2. The summed E-state index contributed by atoms with van der Waals surface area (Å²) < 4.78 is 14.8. The lowest BCUT2D eigenvalue weighted by Crippen LogP contribution is -2.31. The Morgan fingerprint density at radius 3 is 2.37 bits per heavy atom. The Morgan fingerprint density at radius 2 is 1.67 bits per heavy atom. The Balaban J connectivity index is 1.38. The van der Waals surface area contributed by atoms with Crippen molar-refractivity contribution >= 4 is 5.82 Å². The van der Waals surface area contributed by atoms with Crippen LogP contribution in [-0.2, 0) is 6.54 Å². The first-order valence-corrected chi connectivity index (χ1v) is 9.25. The maximum atomic E-state index is 13.1. The number of anilines is 1. The van der Waals surface area contributed by atoms with Gasteiger partial charge in [0.05, 0.1) is 5.69 Å². The summed E-state index contributed by atoms with van der Waals surface area (Å²) in [6, 6.07) is 12.7. The highest BCUT2D eigenvalue weighted by Gasteiger charge is 2.17. The van der Waals surface area contributed by atoms with Gasteiger partial charge >= 0.3 is 0 Å². The van der Waals surface area contributed by atoms with E-state index in [4.69, 9.17) is 0 Å². The van der Waals surface area contributed by atoms with Gasteiger partial charge in [-0.25, -0.2) is 9.07 Å². The molecule has 1 fully saturated rings. The number of rotatable bonds is 4. The van der Waals surface area contributed by atoms with Crippen LogP contribution in [-0.4, -0.2) is 51.1 Å². The molecule has 0 N–H and O–H groups in total. The van der Waals surface area contributed by atoms with Crippen LogP contribution in [0, 0.1) is 12.7 Å². The van der Waals surface area contributed by atoms with Crippen molar-refractivity contribution in [2.45, 2.75) is 19.9 Å². The van der Waals surface area contributed by atoms with Crippen molar-refractivity contribution in [2.75, 3.05) is 31.1 Å². The van der Waals surface area contributed by atoms with Crippen LogP contribution in [0.15, 0.2) is 48.7 Å². The standard InChI is InChI=1S/C20H23FN6/c1-16-9-12-27(24-16)20-8-7-19(22-23-20)26-11-2-10-25(13-14-26)15-17-3-5-18(21)6-4-17/h3-9,12H,2,10-11,13-15H2,1H3. The van der Waals surface area contributed by atoms with Crippen LogP contribution in [0.2, 0.25) is 0 Å². The summed E-state index contributed by atoms with van der Waals surface area (Å²) in [4.78, 5) is 4.68. The average molecular weight is 366 g/mol. The summed E-state index contributed by atoms with van der Waals surface area (Å²) in [5.41, 5.74) is 2.10. The molecule has 0 aliphatic carbocycles. The largest absolute Gasteiger partial charge is 0.354 e. The smallest absolute Gasteiger partial charge is 0.175 e. The summed E-state index contributed by atoms with van der Waals surface area (Å²) in [5.74, 6) is 1.43. The van der Waals surface area contributed by atoms with Crippen molar-refractivity contribution in [1.82, 2.24) is 24.9 Å². The van der Waals surface area contributed by atoms with Gasteiger partial charge in [-0.1, -0.05) is 12.1 Å². The molecule has 0 amide bonds. The average Bonchev–Trinajstić information content (AvgIpc) is 2.99. The van der Waals surface area contributed by atoms with Crippen molar-refractivity contribution in [3.63, 3.8) is 0 Å². The van der Waals surface area contributed by atoms with Crippen molar-refractivity contribution < 1.29 is 4.39 Å². The van der Waals surface area contributed by atoms with Crippen LogP contribution in [0.3, 0.4) is 0 Å². The highest BCUT2D eigenvalue weighted by atomic mass is 19.1. The van der Waals surface area contributed by atoms with Gasteiger partial charge in [-0.05, 0) is 49.2 Å². The molecule has 1 aliphatic rings. The van der Waals surface area contributed by atoms with E-state index in [0.29, 0.717) is 0 Å². The first kappa shape index (κ1) is 17.6. The van der Waals surface area contributed by atoms with Crippen LogP contribution in [0.25, 0.3) is 5.82 Å². The number of nitrogens with zero attached hydrogens (tertiary/aromatic N) is 6. The molecule has 1 saturated heterocycles. The molecule has 1 aliphatic heterocycles. The van der Waals surface area contributed by atoms with Crippen LogP contribution >= 0.6 is 0 Å². The predicted octanol–water partition coefficient (Wildman–Crippen LogP) is 2.82.